The van der Waals surface area contributed by atoms with E-state index in [0.717, 1.165) is 12.4 Å². The first-order valence-electron chi connectivity index (χ1n) is 5.36. The van der Waals surface area contributed by atoms with Gasteiger partial charge in [-0.1, -0.05) is 0 Å². The third kappa shape index (κ3) is 3.10. The van der Waals surface area contributed by atoms with Gasteiger partial charge in [-0.3, -0.25) is 10.1 Å². The van der Waals surface area contributed by atoms with Crippen LogP contribution in [0.1, 0.15) is 0 Å². The van der Waals surface area contributed by atoms with Gasteiger partial charge in [0.05, 0.1) is 31.4 Å². The second-order valence-corrected chi connectivity index (χ2v) is 5.26. The molecular formula is C10H12N6O3S. The Labute approximate surface area is 115 Å². The average molecular weight is 296 g/mol. The summed E-state index contributed by atoms with van der Waals surface area (Å²) in [6.07, 6.45) is 3.62. The second-order valence-electron chi connectivity index (χ2n) is 3.58. The Kier molecular flexibility index (Phi) is 3.96. The molecule has 106 valence electrons. The van der Waals surface area contributed by atoms with Crippen molar-refractivity contribution in [3.63, 3.8) is 0 Å². The summed E-state index contributed by atoms with van der Waals surface area (Å²) in [5, 5.41) is 0. The molecule has 0 radical (unpaired) electrons. The summed E-state index contributed by atoms with van der Waals surface area (Å²) in [7, 11) is -2.31. The zero-order valence-electron chi connectivity index (χ0n) is 10.4. The first-order chi connectivity index (χ1) is 9.55. The van der Waals surface area contributed by atoms with E-state index in [4.69, 9.17) is 10.6 Å². The van der Waals surface area contributed by atoms with Crippen LogP contribution in [0.4, 0.5) is 11.6 Å². The van der Waals surface area contributed by atoms with Gasteiger partial charge < -0.3 is 4.74 Å². The highest BCUT2D eigenvalue weighted by Crippen LogP contribution is 2.16. The minimum Gasteiger partial charge on any atom is -0.481 e. The van der Waals surface area contributed by atoms with Gasteiger partial charge in [-0.05, 0) is 6.07 Å². The molecule has 20 heavy (non-hydrogen) atoms. The van der Waals surface area contributed by atoms with Crippen LogP contribution in [0.3, 0.4) is 0 Å². The number of pyridine rings is 1. The maximum absolute atomic E-state index is 12.1. The number of aromatic nitrogens is 3. The highest BCUT2D eigenvalue weighted by Gasteiger charge is 2.15. The van der Waals surface area contributed by atoms with E-state index in [0.29, 0.717) is 11.6 Å². The molecule has 0 aliphatic carbocycles. The van der Waals surface area contributed by atoms with Gasteiger partial charge >= 0.3 is 0 Å². The van der Waals surface area contributed by atoms with Crippen molar-refractivity contribution in [1.29, 1.82) is 0 Å². The Balaban J connectivity index is 2.20. The fraction of sp³-hybridized carbons (Fsp3) is 0.100. The number of methoxy groups -OCH3 is 1. The largest absolute Gasteiger partial charge is 0.481 e. The number of hydrogen-bond donors (Lipinski definition) is 3. The number of hydrogen-bond acceptors (Lipinski definition) is 8. The summed E-state index contributed by atoms with van der Waals surface area (Å²) in [6.45, 7) is 0. The maximum atomic E-state index is 12.1. The molecule has 0 aromatic carbocycles. The molecule has 0 atom stereocenters. The van der Waals surface area contributed by atoms with Gasteiger partial charge in [0.1, 0.15) is 4.90 Å². The SMILES string of the molecule is COc1ccc(NS(=O)(=O)c2cnc(NN)nc2)cn1. The van der Waals surface area contributed by atoms with Crippen LogP contribution >= 0.6 is 0 Å². The van der Waals surface area contributed by atoms with E-state index in [1.807, 2.05) is 0 Å². The number of nitrogens with zero attached hydrogens (tertiary/aromatic N) is 3. The minimum atomic E-state index is -3.78. The van der Waals surface area contributed by atoms with Crippen LogP contribution in [0.15, 0.2) is 35.6 Å². The predicted molar refractivity (Wildman–Crippen MR) is 71.4 cm³/mol. The zero-order chi connectivity index (χ0) is 14.6. The molecule has 4 N–H and O–H groups in total. The van der Waals surface area contributed by atoms with Gasteiger partial charge in [0.25, 0.3) is 10.0 Å². The lowest BCUT2D eigenvalue weighted by molar-refractivity contribution is 0.398. The molecule has 2 aromatic heterocycles. The molecule has 0 fully saturated rings. The summed E-state index contributed by atoms with van der Waals surface area (Å²) in [5.74, 6) is 5.60. The van der Waals surface area contributed by atoms with Gasteiger partial charge in [-0.25, -0.2) is 29.2 Å². The number of rotatable bonds is 5. The molecule has 0 aliphatic heterocycles. The van der Waals surface area contributed by atoms with E-state index in [1.165, 1.54) is 25.4 Å². The van der Waals surface area contributed by atoms with Crippen molar-refractivity contribution in [2.45, 2.75) is 4.90 Å². The van der Waals surface area contributed by atoms with Crippen molar-refractivity contribution in [1.82, 2.24) is 15.0 Å². The highest BCUT2D eigenvalue weighted by molar-refractivity contribution is 7.92. The lowest BCUT2D eigenvalue weighted by Gasteiger charge is -2.08. The number of nitrogens with one attached hydrogen (secondary N) is 2. The van der Waals surface area contributed by atoms with Crippen LogP contribution in [0.2, 0.25) is 0 Å². The number of anilines is 2. The van der Waals surface area contributed by atoms with Gasteiger partial charge in [-0.2, -0.15) is 0 Å². The van der Waals surface area contributed by atoms with Crippen LogP contribution in [0, 0.1) is 0 Å². The Morgan fingerprint density at radius 1 is 1.15 bits per heavy atom. The quantitative estimate of drug-likeness (QED) is 0.517. The molecule has 0 unspecified atom stereocenters. The summed E-state index contributed by atoms with van der Waals surface area (Å²) >= 11 is 0. The van der Waals surface area contributed by atoms with Crippen LogP contribution < -0.4 is 20.7 Å². The second kappa shape index (κ2) is 5.67. The lowest BCUT2D eigenvalue weighted by atomic mass is 10.4. The topological polar surface area (TPSA) is 132 Å². The van der Waals surface area contributed by atoms with Gasteiger partial charge in [0.15, 0.2) is 0 Å². The van der Waals surface area contributed by atoms with Gasteiger partial charge in [-0.15, -0.1) is 0 Å². The van der Waals surface area contributed by atoms with E-state index in [1.54, 1.807) is 0 Å². The maximum Gasteiger partial charge on any atom is 0.265 e. The number of nitrogen functional groups attached to an aromatic ring is 1. The third-order valence-corrected chi connectivity index (χ3v) is 3.60. The third-order valence-electron chi connectivity index (χ3n) is 2.27. The summed E-state index contributed by atoms with van der Waals surface area (Å²) in [4.78, 5) is 11.3. The molecule has 0 saturated heterocycles. The number of nitrogens with two attached hydrogens (primary N) is 1. The fourth-order valence-corrected chi connectivity index (χ4v) is 2.24. The lowest BCUT2D eigenvalue weighted by Crippen LogP contribution is -2.15. The van der Waals surface area contributed by atoms with Crippen molar-refractivity contribution in [2.24, 2.45) is 5.84 Å². The molecule has 2 heterocycles. The van der Waals surface area contributed by atoms with Crippen LogP contribution in [0.5, 0.6) is 5.88 Å². The Hall–Kier alpha value is -2.46. The highest BCUT2D eigenvalue weighted by atomic mass is 32.2. The molecule has 0 amide bonds. The molecular weight excluding hydrogens is 284 g/mol. The van der Waals surface area contributed by atoms with Crippen molar-refractivity contribution in [2.75, 3.05) is 17.3 Å². The first kappa shape index (κ1) is 14.0. The van der Waals surface area contributed by atoms with Crippen molar-refractivity contribution in [3.05, 3.63) is 30.7 Å². The van der Waals surface area contributed by atoms with Crippen molar-refractivity contribution >= 4 is 21.7 Å². The van der Waals surface area contributed by atoms with E-state index >= 15 is 0 Å². The zero-order valence-corrected chi connectivity index (χ0v) is 11.3. The normalized spacial score (nSPS) is 10.9. The average Bonchev–Trinajstić information content (AvgIpc) is 2.48. The smallest absolute Gasteiger partial charge is 0.265 e. The molecule has 2 rings (SSSR count). The molecule has 9 nitrogen and oxygen atoms in total. The summed E-state index contributed by atoms with van der Waals surface area (Å²) in [5.41, 5.74) is 2.50. The van der Waals surface area contributed by atoms with E-state index < -0.39 is 10.0 Å². The summed E-state index contributed by atoms with van der Waals surface area (Å²) in [6, 6.07) is 3.07. The van der Waals surface area contributed by atoms with E-state index in [-0.39, 0.29) is 10.8 Å². The first-order valence-corrected chi connectivity index (χ1v) is 6.85. The monoisotopic (exact) mass is 296 g/mol. The molecule has 0 saturated carbocycles. The van der Waals surface area contributed by atoms with Gasteiger partial charge in [0.2, 0.25) is 11.8 Å². The van der Waals surface area contributed by atoms with E-state index in [2.05, 4.69) is 25.1 Å². The number of ether oxygens (including phenoxy) is 1. The molecule has 10 heteroatoms. The van der Waals surface area contributed by atoms with Crippen LogP contribution in [-0.2, 0) is 10.0 Å². The molecule has 0 bridgehead atoms. The predicted octanol–water partition coefficient (Wildman–Crippen LogP) is -0.0334. The van der Waals surface area contributed by atoms with Crippen molar-refractivity contribution < 1.29 is 13.2 Å². The molecule has 2 aromatic rings. The minimum absolute atomic E-state index is 0.0904. The van der Waals surface area contributed by atoms with Crippen molar-refractivity contribution in [3.8, 4) is 5.88 Å². The number of hydrazine groups is 1. The Morgan fingerprint density at radius 2 is 1.85 bits per heavy atom. The van der Waals surface area contributed by atoms with Gasteiger partial charge in [0, 0.05) is 6.07 Å². The van der Waals surface area contributed by atoms with E-state index in [9.17, 15) is 8.42 Å². The number of sulfonamides is 1. The standard InChI is InChI=1S/C10H12N6O3S/c1-19-9-3-2-7(4-12-9)16-20(17,18)8-5-13-10(15-11)14-6-8/h2-6,16H,11H2,1H3,(H,13,14,15). The van der Waals surface area contributed by atoms with Crippen LogP contribution in [-0.4, -0.2) is 30.5 Å². The van der Waals surface area contributed by atoms with Crippen LogP contribution in [0.25, 0.3) is 0 Å². The molecule has 0 spiro atoms. The molecule has 0 aliphatic rings. The Bertz CT molecular complexity index is 671. The summed E-state index contributed by atoms with van der Waals surface area (Å²) < 4.78 is 31.3. The Morgan fingerprint density at radius 3 is 2.35 bits per heavy atom. The fourth-order valence-electron chi connectivity index (χ4n) is 1.30.